The van der Waals surface area contributed by atoms with Gasteiger partial charge in [-0.2, -0.15) is 17.2 Å². The third-order valence-corrected chi connectivity index (χ3v) is 3.89. The summed E-state index contributed by atoms with van der Waals surface area (Å²) in [6, 6.07) is 0. The van der Waals surface area contributed by atoms with Crippen molar-refractivity contribution in [3.63, 3.8) is 0 Å². The molecule has 0 spiro atoms. The molecule has 0 fully saturated rings. The number of alkyl halides is 2. The molecule has 0 aromatic heterocycles. The van der Waals surface area contributed by atoms with Crippen LogP contribution in [-0.4, -0.2) is 54.8 Å². The lowest BCUT2D eigenvalue weighted by Crippen LogP contribution is -2.42. The van der Waals surface area contributed by atoms with E-state index in [1.165, 1.54) is 0 Å². The van der Waals surface area contributed by atoms with Gasteiger partial charge in [0.05, 0.1) is 0 Å². The van der Waals surface area contributed by atoms with Crippen LogP contribution in [0.4, 0.5) is 8.78 Å². The Morgan fingerprint density at radius 2 is 1.85 bits per heavy atom. The van der Waals surface area contributed by atoms with E-state index in [2.05, 4.69) is 4.74 Å². The average Bonchev–Trinajstić information content (AvgIpc) is 2.33. The van der Waals surface area contributed by atoms with Crippen LogP contribution in [0.1, 0.15) is 33.6 Å². The van der Waals surface area contributed by atoms with E-state index in [0.29, 0.717) is 13.0 Å². The first-order valence-electron chi connectivity index (χ1n) is 6.32. The Balaban J connectivity index is 4.28. The van der Waals surface area contributed by atoms with Gasteiger partial charge in [0.25, 0.3) is 0 Å². The van der Waals surface area contributed by atoms with E-state index in [4.69, 9.17) is 4.55 Å². The van der Waals surface area contributed by atoms with E-state index < -0.39 is 27.4 Å². The summed E-state index contributed by atoms with van der Waals surface area (Å²) < 4.78 is 59.9. The largest absolute Gasteiger partial charge is 0.455 e. The maximum absolute atomic E-state index is 13.1. The molecule has 1 unspecified atom stereocenters. The summed E-state index contributed by atoms with van der Waals surface area (Å²) in [5, 5.41) is -4.51. The zero-order valence-electron chi connectivity index (χ0n) is 11.8. The third kappa shape index (κ3) is 5.68. The Morgan fingerprint density at radius 3 is 2.25 bits per heavy atom. The van der Waals surface area contributed by atoms with Gasteiger partial charge in [-0.25, -0.2) is 0 Å². The standard InChI is InChI=1S/C11H21F2NO5S/c1-4-14(5-2)8-6-7-10(15)19-9(3)11(12,13)20(16,17)18/h9H,4-8H2,1-3H3,(H,16,17,18). The number of carbonyl (C=O) groups excluding carboxylic acids is 1. The van der Waals surface area contributed by atoms with E-state index in [1.807, 2.05) is 18.7 Å². The Kier molecular flexibility index (Phi) is 7.53. The highest BCUT2D eigenvalue weighted by Crippen LogP contribution is 2.27. The number of hydrogen-bond donors (Lipinski definition) is 1. The molecule has 0 rings (SSSR count). The number of ether oxygens (including phenoxy) is 1. The lowest BCUT2D eigenvalue weighted by atomic mass is 10.3. The fraction of sp³-hybridized carbons (Fsp3) is 0.909. The Bertz CT molecular complexity index is 409. The van der Waals surface area contributed by atoms with Crippen molar-refractivity contribution in [3.8, 4) is 0 Å². The summed E-state index contributed by atoms with van der Waals surface area (Å²) in [6.07, 6.45) is -1.91. The zero-order valence-corrected chi connectivity index (χ0v) is 12.6. The van der Waals surface area contributed by atoms with E-state index in [0.717, 1.165) is 20.0 Å². The van der Waals surface area contributed by atoms with Gasteiger partial charge in [0.2, 0.25) is 0 Å². The normalized spacial score (nSPS) is 14.3. The zero-order chi connectivity index (χ0) is 16.0. The quantitative estimate of drug-likeness (QED) is 0.513. The molecular weight excluding hydrogens is 296 g/mol. The summed E-state index contributed by atoms with van der Waals surface area (Å²) >= 11 is 0. The van der Waals surface area contributed by atoms with E-state index in [1.54, 1.807) is 0 Å². The Labute approximate surface area is 117 Å². The number of nitrogens with zero attached hydrogens (tertiary/aromatic N) is 1. The maximum Gasteiger partial charge on any atom is 0.405 e. The van der Waals surface area contributed by atoms with Gasteiger partial charge in [-0.15, -0.1) is 0 Å². The van der Waals surface area contributed by atoms with Gasteiger partial charge in [0, 0.05) is 6.42 Å². The predicted molar refractivity (Wildman–Crippen MR) is 69.1 cm³/mol. The van der Waals surface area contributed by atoms with Crippen molar-refractivity contribution in [1.82, 2.24) is 4.90 Å². The first kappa shape index (κ1) is 19.2. The van der Waals surface area contributed by atoms with Gasteiger partial charge < -0.3 is 9.64 Å². The molecule has 0 saturated heterocycles. The van der Waals surface area contributed by atoms with Gasteiger partial charge >= 0.3 is 21.3 Å². The van der Waals surface area contributed by atoms with Crippen LogP contribution in [0, 0.1) is 0 Å². The minimum Gasteiger partial charge on any atom is -0.455 e. The van der Waals surface area contributed by atoms with Crippen molar-refractivity contribution in [2.45, 2.75) is 45.0 Å². The van der Waals surface area contributed by atoms with Crippen LogP contribution >= 0.6 is 0 Å². The summed E-state index contributed by atoms with van der Waals surface area (Å²) in [5.41, 5.74) is 0. The molecule has 0 bridgehead atoms. The third-order valence-electron chi connectivity index (χ3n) is 2.88. The van der Waals surface area contributed by atoms with Gasteiger partial charge in [-0.1, -0.05) is 13.8 Å². The summed E-state index contributed by atoms with van der Waals surface area (Å²) in [6.45, 7) is 6.86. The first-order chi connectivity index (χ1) is 9.06. The van der Waals surface area contributed by atoms with Crippen LogP contribution in [0.3, 0.4) is 0 Å². The maximum atomic E-state index is 13.1. The monoisotopic (exact) mass is 317 g/mol. The number of carbonyl (C=O) groups is 1. The van der Waals surface area contributed by atoms with Crippen molar-refractivity contribution in [3.05, 3.63) is 0 Å². The second kappa shape index (κ2) is 7.84. The van der Waals surface area contributed by atoms with Gasteiger partial charge in [-0.05, 0) is 33.0 Å². The highest BCUT2D eigenvalue weighted by atomic mass is 32.2. The minimum absolute atomic E-state index is 0.0948. The molecule has 0 heterocycles. The molecule has 0 radical (unpaired) electrons. The highest BCUT2D eigenvalue weighted by molar-refractivity contribution is 7.86. The highest BCUT2D eigenvalue weighted by Gasteiger charge is 2.51. The van der Waals surface area contributed by atoms with Gasteiger partial charge in [0.15, 0.2) is 6.10 Å². The summed E-state index contributed by atoms with van der Waals surface area (Å²) in [4.78, 5) is 13.4. The second-order valence-electron chi connectivity index (χ2n) is 4.30. The molecule has 0 saturated carbocycles. The van der Waals surface area contributed by atoms with Gasteiger partial charge in [-0.3, -0.25) is 9.35 Å². The van der Waals surface area contributed by atoms with Crippen molar-refractivity contribution in [2.75, 3.05) is 19.6 Å². The SMILES string of the molecule is CCN(CC)CCCC(=O)OC(C)C(F)(F)S(=O)(=O)O. The molecule has 1 atom stereocenters. The van der Waals surface area contributed by atoms with E-state index >= 15 is 0 Å². The average molecular weight is 317 g/mol. The van der Waals surface area contributed by atoms with E-state index in [-0.39, 0.29) is 6.42 Å². The summed E-state index contributed by atoms with van der Waals surface area (Å²) in [5.74, 6) is -0.923. The molecule has 0 aliphatic carbocycles. The van der Waals surface area contributed by atoms with E-state index in [9.17, 15) is 22.0 Å². The Morgan fingerprint density at radius 1 is 1.35 bits per heavy atom. The molecule has 0 amide bonds. The molecular formula is C11H21F2NO5S. The lowest BCUT2D eigenvalue weighted by Gasteiger charge is -2.21. The first-order valence-corrected chi connectivity index (χ1v) is 7.76. The fourth-order valence-corrected chi connectivity index (χ4v) is 1.99. The molecule has 9 heteroatoms. The molecule has 20 heavy (non-hydrogen) atoms. The summed E-state index contributed by atoms with van der Waals surface area (Å²) in [7, 11) is -5.61. The van der Waals surface area contributed by atoms with Crippen LogP contribution < -0.4 is 0 Å². The second-order valence-corrected chi connectivity index (χ2v) is 5.79. The Hall–Kier alpha value is -0.800. The van der Waals surface area contributed by atoms with Crippen LogP contribution in [0.5, 0.6) is 0 Å². The van der Waals surface area contributed by atoms with Crippen LogP contribution in [0.25, 0.3) is 0 Å². The molecule has 0 aliphatic rings. The minimum atomic E-state index is -5.61. The fourth-order valence-electron chi connectivity index (χ4n) is 1.52. The molecule has 0 aromatic carbocycles. The van der Waals surface area contributed by atoms with Gasteiger partial charge in [0.1, 0.15) is 0 Å². The molecule has 6 nitrogen and oxygen atoms in total. The van der Waals surface area contributed by atoms with Crippen molar-refractivity contribution >= 4 is 16.1 Å². The lowest BCUT2D eigenvalue weighted by molar-refractivity contribution is -0.159. The smallest absolute Gasteiger partial charge is 0.405 e. The van der Waals surface area contributed by atoms with Crippen LogP contribution in [0.2, 0.25) is 0 Å². The number of rotatable bonds is 9. The van der Waals surface area contributed by atoms with Crippen molar-refractivity contribution in [1.29, 1.82) is 0 Å². The van der Waals surface area contributed by atoms with Crippen LogP contribution in [0.15, 0.2) is 0 Å². The molecule has 1 N–H and O–H groups in total. The number of esters is 1. The van der Waals surface area contributed by atoms with Crippen LogP contribution in [-0.2, 0) is 19.6 Å². The number of halogens is 2. The number of hydrogen-bond acceptors (Lipinski definition) is 5. The predicted octanol–water partition coefficient (Wildman–Crippen LogP) is 1.52. The molecule has 120 valence electrons. The van der Waals surface area contributed by atoms with Crippen molar-refractivity contribution < 1.29 is 31.3 Å². The molecule has 0 aromatic rings. The molecule has 0 aliphatic heterocycles. The topological polar surface area (TPSA) is 83.9 Å². The van der Waals surface area contributed by atoms with Crippen molar-refractivity contribution in [2.24, 2.45) is 0 Å².